The Hall–Kier alpha value is -0.0800. The molecule has 2 nitrogen and oxygen atoms in total. The summed E-state index contributed by atoms with van der Waals surface area (Å²) in [7, 11) is 0. The lowest BCUT2D eigenvalue weighted by Crippen LogP contribution is -2.46. The van der Waals surface area contributed by atoms with Crippen LogP contribution < -0.4 is 0 Å². The van der Waals surface area contributed by atoms with Crippen LogP contribution in [0.3, 0.4) is 0 Å². The highest BCUT2D eigenvalue weighted by Gasteiger charge is 2.55. The van der Waals surface area contributed by atoms with Crippen LogP contribution >= 0.6 is 0 Å². The number of aliphatic hydroxyl groups is 1. The molecule has 3 rings (SSSR count). The third kappa shape index (κ3) is 0.798. The molecule has 0 bridgehead atoms. The van der Waals surface area contributed by atoms with Gasteiger partial charge in [0.05, 0.1) is 6.10 Å². The summed E-state index contributed by atoms with van der Waals surface area (Å²) in [6, 6.07) is 0.564. The molecular formula is C9H15NO. The van der Waals surface area contributed by atoms with E-state index in [0.717, 1.165) is 18.3 Å². The highest BCUT2D eigenvalue weighted by molar-refractivity contribution is 5.07. The number of rotatable bonds is 0. The van der Waals surface area contributed by atoms with E-state index in [0.29, 0.717) is 6.04 Å². The average Bonchev–Trinajstić information content (AvgIpc) is 2.62. The first kappa shape index (κ1) is 6.44. The van der Waals surface area contributed by atoms with E-state index in [1.807, 2.05) is 0 Å². The molecule has 1 aliphatic carbocycles. The van der Waals surface area contributed by atoms with Crippen LogP contribution in [-0.4, -0.2) is 35.2 Å². The zero-order valence-electron chi connectivity index (χ0n) is 6.74. The van der Waals surface area contributed by atoms with Crippen LogP contribution in [0, 0.1) is 11.8 Å². The second-order valence-corrected chi connectivity index (χ2v) is 4.35. The van der Waals surface area contributed by atoms with Gasteiger partial charge in [0.15, 0.2) is 0 Å². The van der Waals surface area contributed by atoms with E-state index in [9.17, 15) is 5.11 Å². The molecule has 0 radical (unpaired) electrons. The number of piperidine rings is 2. The molecule has 0 amide bonds. The summed E-state index contributed by atoms with van der Waals surface area (Å²) >= 11 is 0. The molecule has 3 aliphatic rings. The molecular weight excluding hydrogens is 138 g/mol. The molecule has 0 spiro atoms. The van der Waals surface area contributed by atoms with Gasteiger partial charge in [-0.3, -0.25) is 4.90 Å². The van der Waals surface area contributed by atoms with Crippen LogP contribution in [0.25, 0.3) is 0 Å². The summed E-state index contributed by atoms with van der Waals surface area (Å²) in [5.41, 5.74) is 0. The largest absolute Gasteiger partial charge is 0.391 e. The summed E-state index contributed by atoms with van der Waals surface area (Å²) in [5.74, 6) is 1.85. The monoisotopic (exact) mass is 153 g/mol. The maximum Gasteiger partial charge on any atom is 0.0698 e. The predicted octanol–water partition coefficient (Wildman–Crippen LogP) is 0.461. The molecule has 0 aromatic heterocycles. The van der Waals surface area contributed by atoms with Crippen molar-refractivity contribution in [3.63, 3.8) is 0 Å². The SMILES string of the molecule is OC1CCCN2CC3CC3C12. The van der Waals surface area contributed by atoms with Gasteiger partial charge in [0.1, 0.15) is 0 Å². The number of hydrogen-bond donors (Lipinski definition) is 1. The third-order valence-electron chi connectivity index (χ3n) is 3.65. The van der Waals surface area contributed by atoms with Gasteiger partial charge in [-0.1, -0.05) is 0 Å². The van der Waals surface area contributed by atoms with Gasteiger partial charge in [-0.15, -0.1) is 0 Å². The molecule has 11 heavy (non-hydrogen) atoms. The summed E-state index contributed by atoms with van der Waals surface area (Å²) in [4.78, 5) is 2.51. The van der Waals surface area contributed by atoms with Gasteiger partial charge in [-0.25, -0.2) is 0 Å². The molecule has 0 aromatic carbocycles. The van der Waals surface area contributed by atoms with Crippen molar-refractivity contribution in [1.29, 1.82) is 0 Å². The van der Waals surface area contributed by atoms with E-state index >= 15 is 0 Å². The minimum Gasteiger partial charge on any atom is -0.391 e. The van der Waals surface area contributed by atoms with Crippen LogP contribution in [0.2, 0.25) is 0 Å². The Kier molecular flexibility index (Phi) is 1.16. The molecule has 4 unspecified atom stereocenters. The standard InChI is InChI=1S/C9H15NO/c11-8-2-1-3-10-5-6-4-7(6)9(8)10/h6-9,11H,1-5H2. The fourth-order valence-electron chi connectivity index (χ4n) is 3.04. The smallest absolute Gasteiger partial charge is 0.0698 e. The molecule has 1 N–H and O–H groups in total. The lowest BCUT2D eigenvalue weighted by molar-refractivity contribution is 0.0199. The first-order valence-electron chi connectivity index (χ1n) is 4.78. The second-order valence-electron chi connectivity index (χ2n) is 4.35. The van der Waals surface area contributed by atoms with Crippen molar-refractivity contribution >= 4 is 0 Å². The normalized spacial score (nSPS) is 55.4. The average molecular weight is 153 g/mol. The van der Waals surface area contributed by atoms with Crippen molar-refractivity contribution in [2.24, 2.45) is 11.8 Å². The van der Waals surface area contributed by atoms with Crippen molar-refractivity contribution in [2.45, 2.75) is 31.4 Å². The number of hydrogen-bond acceptors (Lipinski definition) is 2. The van der Waals surface area contributed by atoms with Gasteiger partial charge in [-0.05, 0) is 37.6 Å². The predicted molar refractivity (Wildman–Crippen MR) is 42.2 cm³/mol. The zero-order chi connectivity index (χ0) is 7.42. The summed E-state index contributed by atoms with van der Waals surface area (Å²) in [6.45, 7) is 2.53. The van der Waals surface area contributed by atoms with E-state index in [1.165, 1.54) is 25.9 Å². The first-order chi connectivity index (χ1) is 5.36. The maximum absolute atomic E-state index is 9.73. The topological polar surface area (TPSA) is 23.5 Å². The van der Waals surface area contributed by atoms with Gasteiger partial charge in [0, 0.05) is 12.6 Å². The molecule has 0 aromatic rings. The molecule has 3 fully saturated rings. The Bertz CT molecular complexity index is 182. The van der Waals surface area contributed by atoms with E-state index in [2.05, 4.69) is 4.90 Å². The van der Waals surface area contributed by atoms with Crippen LogP contribution in [0.4, 0.5) is 0 Å². The van der Waals surface area contributed by atoms with Gasteiger partial charge in [-0.2, -0.15) is 0 Å². The van der Waals surface area contributed by atoms with E-state index in [-0.39, 0.29) is 6.10 Å². The molecule has 2 heterocycles. The Labute approximate surface area is 67.2 Å². The lowest BCUT2D eigenvalue weighted by Gasteiger charge is -2.35. The Morgan fingerprint density at radius 3 is 3.09 bits per heavy atom. The highest BCUT2D eigenvalue weighted by atomic mass is 16.3. The Morgan fingerprint density at radius 1 is 1.36 bits per heavy atom. The van der Waals surface area contributed by atoms with E-state index in [1.54, 1.807) is 0 Å². The molecule has 62 valence electrons. The lowest BCUT2D eigenvalue weighted by atomic mass is 9.97. The Balaban J connectivity index is 1.83. The van der Waals surface area contributed by atoms with Crippen molar-refractivity contribution in [1.82, 2.24) is 4.90 Å². The van der Waals surface area contributed by atoms with Crippen LogP contribution in [-0.2, 0) is 0 Å². The molecule has 2 saturated heterocycles. The Morgan fingerprint density at radius 2 is 2.27 bits per heavy atom. The number of aliphatic hydroxyl groups excluding tert-OH is 1. The maximum atomic E-state index is 9.73. The summed E-state index contributed by atoms with van der Waals surface area (Å²) < 4.78 is 0. The van der Waals surface area contributed by atoms with Gasteiger partial charge in [0.25, 0.3) is 0 Å². The van der Waals surface area contributed by atoms with Crippen molar-refractivity contribution in [2.75, 3.05) is 13.1 Å². The fraction of sp³-hybridized carbons (Fsp3) is 1.00. The molecule has 2 heteroatoms. The fourth-order valence-corrected chi connectivity index (χ4v) is 3.04. The summed E-state index contributed by atoms with van der Waals surface area (Å²) in [6.07, 6.45) is 3.65. The minimum atomic E-state index is 0.00116. The van der Waals surface area contributed by atoms with E-state index in [4.69, 9.17) is 0 Å². The number of fused-ring (bicyclic) bond motifs is 3. The van der Waals surface area contributed by atoms with Crippen molar-refractivity contribution < 1.29 is 5.11 Å². The third-order valence-corrected chi connectivity index (χ3v) is 3.65. The minimum absolute atomic E-state index is 0.00116. The quantitative estimate of drug-likeness (QED) is 0.546. The van der Waals surface area contributed by atoms with Crippen molar-refractivity contribution in [3.05, 3.63) is 0 Å². The molecule has 4 atom stereocenters. The summed E-state index contributed by atoms with van der Waals surface area (Å²) in [5, 5.41) is 9.73. The first-order valence-corrected chi connectivity index (χ1v) is 4.78. The van der Waals surface area contributed by atoms with Gasteiger partial charge >= 0.3 is 0 Å². The highest BCUT2D eigenvalue weighted by Crippen LogP contribution is 2.51. The zero-order valence-corrected chi connectivity index (χ0v) is 6.74. The molecule has 1 saturated carbocycles. The second kappa shape index (κ2) is 1.99. The van der Waals surface area contributed by atoms with Gasteiger partial charge < -0.3 is 5.11 Å². The van der Waals surface area contributed by atoms with Crippen LogP contribution in [0.5, 0.6) is 0 Å². The number of nitrogens with zero attached hydrogens (tertiary/aromatic N) is 1. The van der Waals surface area contributed by atoms with Crippen LogP contribution in [0.1, 0.15) is 19.3 Å². The van der Waals surface area contributed by atoms with Gasteiger partial charge in [0.2, 0.25) is 0 Å². The van der Waals surface area contributed by atoms with Crippen molar-refractivity contribution in [3.8, 4) is 0 Å². The molecule has 2 aliphatic heterocycles. The van der Waals surface area contributed by atoms with Crippen LogP contribution in [0.15, 0.2) is 0 Å². The van der Waals surface area contributed by atoms with E-state index < -0.39 is 0 Å².